The molecule has 29 heavy (non-hydrogen) atoms. The molecule has 3 aromatic carbocycles. The van der Waals surface area contributed by atoms with E-state index in [4.69, 9.17) is 0 Å². The topological polar surface area (TPSA) is 70.2 Å². The summed E-state index contributed by atoms with van der Waals surface area (Å²) >= 11 is 0. The first-order valence-electron chi connectivity index (χ1n) is 9.51. The summed E-state index contributed by atoms with van der Waals surface area (Å²) in [6, 6.07) is 20.7. The van der Waals surface area contributed by atoms with Gasteiger partial charge in [-0.25, -0.2) is 0 Å². The van der Waals surface area contributed by atoms with E-state index in [1.165, 1.54) is 5.56 Å². The Kier molecular flexibility index (Phi) is 6.29. The van der Waals surface area contributed by atoms with Crippen LogP contribution in [-0.4, -0.2) is 18.9 Å². The first-order valence-corrected chi connectivity index (χ1v) is 9.51. The molecular weight excluding hydrogens is 362 g/mol. The summed E-state index contributed by atoms with van der Waals surface area (Å²) in [5.74, 6) is -0.329. The normalized spacial score (nSPS) is 10.3. The van der Waals surface area contributed by atoms with Crippen molar-refractivity contribution >= 4 is 23.2 Å². The van der Waals surface area contributed by atoms with Crippen LogP contribution in [0.3, 0.4) is 0 Å². The van der Waals surface area contributed by atoms with E-state index in [2.05, 4.69) is 35.9 Å². The van der Waals surface area contributed by atoms with E-state index >= 15 is 0 Å². The zero-order valence-corrected chi connectivity index (χ0v) is 16.9. The third-order valence-corrected chi connectivity index (χ3v) is 4.91. The van der Waals surface area contributed by atoms with Crippen LogP contribution in [0.4, 0.5) is 11.4 Å². The monoisotopic (exact) mass is 387 g/mol. The average molecular weight is 387 g/mol. The highest BCUT2D eigenvalue weighted by atomic mass is 16.2. The Morgan fingerprint density at radius 1 is 0.828 bits per heavy atom. The molecule has 0 aliphatic rings. The summed E-state index contributed by atoms with van der Waals surface area (Å²) < 4.78 is 0. The van der Waals surface area contributed by atoms with Crippen molar-refractivity contribution in [3.05, 3.63) is 94.5 Å². The van der Waals surface area contributed by atoms with Crippen LogP contribution in [0.25, 0.3) is 0 Å². The van der Waals surface area contributed by atoms with Crippen molar-refractivity contribution < 1.29 is 9.59 Å². The molecule has 2 amide bonds. The average Bonchev–Trinajstić information content (AvgIpc) is 2.75. The lowest BCUT2D eigenvalue weighted by molar-refractivity contribution is 0.0949. The van der Waals surface area contributed by atoms with Crippen LogP contribution in [0.15, 0.2) is 66.7 Å². The number of benzene rings is 3. The third-order valence-electron chi connectivity index (χ3n) is 4.91. The molecule has 0 spiro atoms. The Morgan fingerprint density at radius 2 is 1.55 bits per heavy atom. The molecule has 3 N–H and O–H groups in total. The molecule has 0 radical (unpaired) electrons. The number of hydrogen-bond acceptors (Lipinski definition) is 3. The van der Waals surface area contributed by atoms with E-state index in [1.54, 1.807) is 25.2 Å². The third kappa shape index (κ3) is 4.82. The van der Waals surface area contributed by atoms with Gasteiger partial charge in [-0.2, -0.15) is 0 Å². The van der Waals surface area contributed by atoms with Gasteiger partial charge in [-0.15, -0.1) is 0 Å². The van der Waals surface area contributed by atoms with E-state index < -0.39 is 0 Å². The van der Waals surface area contributed by atoms with Gasteiger partial charge in [0, 0.05) is 24.8 Å². The Labute approximate surface area is 171 Å². The number of nitrogens with one attached hydrogen (secondary N) is 3. The lowest BCUT2D eigenvalue weighted by Gasteiger charge is -2.15. The van der Waals surface area contributed by atoms with Crippen molar-refractivity contribution in [1.29, 1.82) is 0 Å². The van der Waals surface area contributed by atoms with Gasteiger partial charge in [-0.3, -0.25) is 9.59 Å². The summed E-state index contributed by atoms with van der Waals surface area (Å²) in [5.41, 5.74) is 6.05. The maximum Gasteiger partial charge on any atom is 0.253 e. The second-order valence-corrected chi connectivity index (χ2v) is 6.88. The molecule has 0 fully saturated rings. The van der Waals surface area contributed by atoms with E-state index in [-0.39, 0.29) is 11.8 Å². The predicted molar refractivity (Wildman–Crippen MR) is 117 cm³/mol. The lowest BCUT2D eigenvalue weighted by atomic mass is 10.1. The zero-order valence-electron chi connectivity index (χ0n) is 16.9. The summed E-state index contributed by atoms with van der Waals surface area (Å²) in [6.45, 7) is 4.45. The minimum absolute atomic E-state index is 0.152. The standard InChI is InChI=1S/C24H25N3O2/c1-16-8-6-13-21(17(16)2)27-22-12-5-4-11-20(22)24(29)26-15-18-9-7-10-19(14-18)23(28)25-3/h4-14,27H,15H2,1-3H3,(H,25,28)(H,26,29). The quantitative estimate of drug-likeness (QED) is 0.589. The van der Waals surface area contributed by atoms with Gasteiger partial charge in [0.25, 0.3) is 11.8 Å². The van der Waals surface area contributed by atoms with E-state index in [9.17, 15) is 9.59 Å². The van der Waals surface area contributed by atoms with Gasteiger partial charge >= 0.3 is 0 Å². The molecule has 5 heteroatoms. The van der Waals surface area contributed by atoms with E-state index in [0.717, 1.165) is 22.5 Å². The molecule has 0 heterocycles. The van der Waals surface area contributed by atoms with E-state index in [0.29, 0.717) is 17.7 Å². The van der Waals surface area contributed by atoms with Gasteiger partial charge in [0.1, 0.15) is 0 Å². The fraction of sp³-hybridized carbons (Fsp3) is 0.167. The maximum atomic E-state index is 12.8. The molecule has 148 valence electrons. The van der Waals surface area contributed by atoms with Gasteiger partial charge in [0.05, 0.1) is 11.3 Å². The number of carbonyl (C=O) groups excluding carboxylic acids is 2. The molecule has 0 bridgehead atoms. The molecule has 0 atom stereocenters. The Bertz CT molecular complexity index is 1040. The van der Waals surface area contributed by atoms with Gasteiger partial charge in [0.2, 0.25) is 0 Å². The number of para-hydroxylation sites is 1. The number of anilines is 2. The van der Waals surface area contributed by atoms with Gasteiger partial charge < -0.3 is 16.0 Å². The number of amides is 2. The largest absolute Gasteiger partial charge is 0.355 e. The number of hydrogen-bond donors (Lipinski definition) is 3. The van der Waals surface area contributed by atoms with Crippen molar-refractivity contribution in [2.75, 3.05) is 12.4 Å². The Balaban J connectivity index is 1.75. The molecular formula is C24H25N3O2. The molecule has 3 aromatic rings. The fourth-order valence-electron chi connectivity index (χ4n) is 3.07. The van der Waals surface area contributed by atoms with Crippen LogP contribution in [0.5, 0.6) is 0 Å². The van der Waals surface area contributed by atoms with Crippen LogP contribution in [-0.2, 0) is 6.54 Å². The minimum atomic E-state index is -0.177. The van der Waals surface area contributed by atoms with Crippen molar-refractivity contribution in [2.45, 2.75) is 20.4 Å². The summed E-state index contributed by atoms with van der Waals surface area (Å²) in [5, 5.41) is 8.92. The molecule has 0 unspecified atom stereocenters. The highest BCUT2D eigenvalue weighted by Gasteiger charge is 2.12. The minimum Gasteiger partial charge on any atom is -0.355 e. The summed E-state index contributed by atoms with van der Waals surface area (Å²) in [7, 11) is 1.59. The Hall–Kier alpha value is -3.60. The van der Waals surface area contributed by atoms with E-state index in [1.807, 2.05) is 42.5 Å². The molecule has 3 rings (SSSR count). The van der Waals surface area contributed by atoms with Crippen LogP contribution < -0.4 is 16.0 Å². The smallest absolute Gasteiger partial charge is 0.253 e. The fourth-order valence-corrected chi connectivity index (χ4v) is 3.07. The molecule has 0 saturated heterocycles. The Morgan fingerprint density at radius 3 is 2.34 bits per heavy atom. The van der Waals surface area contributed by atoms with Gasteiger partial charge in [-0.1, -0.05) is 36.4 Å². The summed E-state index contributed by atoms with van der Waals surface area (Å²) in [6.07, 6.45) is 0. The van der Waals surface area contributed by atoms with Crippen molar-refractivity contribution in [3.8, 4) is 0 Å². The number of aryl methyl sites for hydroxylation is 1. The van der Waals surface area contributed by atoms with Crippen molar-refractivity contribution in [1.82, 2.24) is 10.6 Å². The molecule has 0 aliphatic carbocycles. The highest BCUT2D eigenvalue weighted by molar-refractivity contribution is 6.00. The maximum absolute atomic E-state index is 12.8. The van der Waals surface area contributed by atoms with Crippen LogP contribution in [0.1, 0.15) is 37.4 Å². The molecule has 0 saturated carbocycles. The zero-order chi connectivity index (χ0) is 20.8. The van der Waals surface area contributed by atoms with Crippen LogP contribution in [0, 0.1) is 13.8 Å². The second kappa shape index (κ2) is 9.06. The molecule has 0 aliphatic heterocycles. The van der Waals surface area contributed by atoms with Crippen molar-refractivity contribution in [3.63, 3.8) is 0 Å². The highest BCUT2D eigenvalue weighted by Crippen LogP contribution is 2.25. The molecule has 5 nitrogen and oxygen atoms in total. The van der Waals surface area contributed by atoms with Crippen LogP contribution in [0.2, 0.25) is 0 Å². The van der Waals surface area contributed by atoms with Crippen molar-refractivity contribution in [2.24, 2.45) is 0 Å². The predicted octanol–water partition coefficient (Wildman–Crippen LogP) is 4.34. The lowest BCUT2D eigenvalue weighted by Crippen LogP contribution is -2.24. The SMILES string of the molecule is CNC(=O)c1cccc(CNC(=O)c2ccccc2Nc2cccc(C)c2C)c1. The first kappa shape index (κ1) is 20.1. The first-order chi connectivity index (χ1) is 14.0. The number of carbonyl (C=O) groups is 2. The molecule has 0 aromatic heterocycles. The van der Waals surface area contributed by atoms with Gasteiger partial charge in [0.15, 0.2) is 0 Å². The van der Waals surface area contributed by atoms with Crippen LogP contribution >= 0.6 is 0 Å². The number of rotatable bonds is 6. The summed E-state index contributed by atoms with van der Waals surface area (Å²) in [4.78, 5) is 24.6. The van der Waals surface area contributed by atoms with Gasteiger partial charge in [-0.05, 0) is 60.9 Å². The second-order valence-electron chi connectivity index (χ2n) is 6.88.